The van der Waals surface area contributed by atoms with Gasteiger partial charge in [-0.2, -0.15) is 0 Å². The molecule has 4 rings (SSSR count). The summed E-state index contributed by atoms with van der Waals surface area (Å²) in [6.45, 7) is 22.3. The van der Waals surface area contributed by atoms with E-state index < -0.39 is 8.07 Å². The molecule has 2 aliphatic rings. The highest BCUT2D eigenvalue weighted by Gasteiger charge is 2.70. The monoisotopic (exact) mass is 402 g/mol. The van der Waals surface area contributed by atoms with Gasteiger partial charge in [0.05, 0.1) is 8.07 Å². The zero-order valence-electron chi connectivity index (χ0n) is 19.9. The van der Waals surface area contributed by atoms with Crippen molar-refractivity contribution in [2.75, 3.05) is 0 Å². The average molecular weight is 403 g/mol. The van der Waals surface area contributed by atoms with E-state index in [1.807, 2.05) is 0 Å². The third-order valence-electron chi connectivity index (χ3n) is 8.03. The Morgan fingerprint density at radius 1 is 0.897 bits per heavy atom. The van der Waals surface area contributed by atoms with Gasteiger partial charge in [-0.05, 0) is 52.0 Å². The Kier molecular flexibility index (Phi) is 4.42. The van der Waals surface area contributed by atoms with Crippen molar-refractivity contribution in [2.24, 2.45) is 10.8 Å². The Morgan fingerprint density at radius 3 is 2.00 bits per heavy atom. The molecule has 1 atom stereocenters. The SMILES string of the molecule is Cc1cc2c(cc1C(C)c1ccccc1)C=C([Si](C)(C)C)C21C(C)(C)CC1(C)C. The summed E-state index contributed by atoms with van der Waals surface area (Å²) in [5, 5.41) is 1.77. The Hall–Kier alpha value is -1.60. The molecule has 0 nitrogen and oxygen atoms in total. The van der Waals surface area contributed by atoms with Crippen molar-refractivity contribution >= 4 is 14.1 Å². The molecule has 0 aliphatic heterocycles. The maximum atomic E-state index is 2.62. The predicted molar refractivity (Wildman–Crippen MR) is 130 cm³/mol. The normalized spacial score (nSPS) is 22.0. The molecule has 2 aliphatic carbocycles. The van der Waals surface area contributed by atoms with Crippen LogP contribution in [0.4, 0.5) is 0 Å². The van der Waals surface area contributed by atoms with Crippen molar-refractivity contribution in [3.05, 3.63) is 75.5 Å². The number of rotatable bonds is 3. The molecular formula is C28H38Si. The molecule has 29 heavy (non-hydrogen) atoms. The highest BCUT2D eigenvalue weighted by atomic mass is 28.3. The molecule has 1 saturated carbocycles. The lowest BCUT2D eigenvalue weighted by Gasteiger charge is -2.69. The van der Waals surface area contributed by atoms with E-state index in [0.717, 1.165) is 0 Å². The second kappa shape index (κ2) is 6.20. The molecule has 0 bridgehead atoms. The van der Waals surface area contributed by atoms with Gasteiger partial charge in [0.25, 0.3) is 0 Å². The van der Waals surface area contributed by atoms with Gasteiger partial charge < -0.3 is 0 Å². The van der Waals surface area contributed by atoms with E-state index in [1.54, 1.807) is 10.8 Å². The van der Waals surface area contributed by atoms with Crippen molar-refractivity contribution in [1.29, 1.82) is 0 Å². The Balaban J connectivity index is 1.94. The third-order valence-corrected chi connectivity index (χ3v) is 10.2. The Labute approximate surface area is 179 Å². The first kappa shape index (κ1) is 20.7. The fraction of sp³-hybridized carbons (Fsp3) is 0.500. The zero-order chi connectivity index (χ0) is 21.4. The minimum atomic E-state index is -1.47. The minimum absolute atomic E-state index is 0.194. The smallest absolute Gasteiger partial charge is 0.0691 e. The van der Waals surface area contributed by atoms with E-state index in [-0.39, 0.29) is 5.41 Å². The number of aryl methyl sites for hydroxylation is 1. The van der Waals surface area contributed by atoms with E-state index in [1.165, 1.54) is 28.7 Å². The average Bonchev–Trinajstić information content (AvgIpc) is 2.98. The second-order valence-electron chi connectivity index (χ2n) is 11.9. The van der Waals surface area contributed by atoms with Crippen molar-refractivity contribution in [1.82, 2.24) is 0 Å². The molecule has 1 unspecified atom stereocenters. The molecule has 0 heterocycles. The van der Waals surface area contributed by atoms with Gasteiger partial charge in [-0.3, -0.25) is 0 Å². The van der Waals surface area contributed by atoms with Crippen LogP contribution in [0.1, 0.15) is 74.8 Å². The van der Waals surface area contributed by atoms with Crippen LogP contribution >= 0.6 is 0 Å². The lowest BCUT2D eigenvalue weighted by Crippen LogP contribution is -2.66. The topological polar surface area (TPSA) is 0 Å². The number of benzene rings is 2. The van der Waals surface area contributed by atoms with Crippen molar-refractivity contribution in [3.63, 3.8) is 0 Å². The van der Waals surface area contributed by atoms with Gasteiger partial charge in [-0.1, -0.05) is 108 Å². The molecule has 0 N–H and O–H groups in total. The van der Waals surface area contributed by atoms with Crippen LogP contribution in [0.5, 0.6) is 0 Å². The quantitative estimate of drug-likeness (QED) is 0.455. The van der Waals surface area contributed by atoms with Crippen LogP contribution in [-0.4, -0.2) is 8.07 Å². The number of fused-ring (bicyclic) bond motifs is 2. The first-order valence-corrected chi connectivity index (χ1v) is 14.8. The molecule has 0 saturated heterocycles. The number of allylic oxidation sites excluding steroid dienone is 1. The summed E-state index contributed by atoms with van der Waals surface area (Å²) in [6, 6.07) is 16.1. The molecule has 0 aromatic heterocycles. The number of hydrogen-bond donors (Lipinski definition) is 0. The van der Waals surface area contributed by atoms with E-state index in [4.69, 9.17) is 0 Å². The predicted octanol–water partition coefficient (Wildman–Crippen LogP) is 8.12. The number of hydrogen-bond acceptors (Lipinski definition) is 0. The summed E-state index contributed by atoms with van der Waals surface area (Å²) in [5.41, 5.74) is 8.25. The highest BCUT2D eigenvalue weighted by Crippen LogP contribution is 2.74. The molecule has 1 heteroatoms. The van der Waals surface area contributed by atoms with Gasteiger partial charge in [0.15, 0.2) is 0 Å². The molecule has 2 aromatic rings. The summed E-state index contributed by atoms with van der Waals surface area (Å²) in [4.78, 5) is 0. The van der Waals surface area contributed by atoms with Crippen LogP contribution in [0.15, 0.2) is 47.7 Å². The van der Waals surface area contributed by atoms with E-state index >= 15 is 0 Å². The van der Waals surface area contributed by atoms with Crippen LogP contribution in [0.2, 0.25) is 19.6 Å². The lowest BCUT2D eigenvalue weighted by molar-refractivity contribution is -0.0852. The van der Waals surface area contributed by atoms with Crippen LogP contribution < -0.4 is 0 Å². The summed E-state index contributed by atoms with van der Waals surface area (Å²) in [5.74, 6) is 0.421. The zero-order valence-corrected chi connectivity index (χ0v) is 20.9. The fourth-order valence-electron chi connectivity index (χ4n) is 7.40. The Morgan fingerprint density at radius 2 is 1.48 bits per heavy atom. The Bertz CT molecular complexity index is 969. The molecule has 154 valence electrons. The van der Waals surface area contributed by atoms with Crippen LogP contribution in [0, 0.1) is 17.8 Å². The van der Waals surface area contributed by atoms with Gasteiger partial charge in [0.1, 0.15) is 0 Å². The van der Waals surface area contributed by atoms with Crippen LogP contribution in [-0.2, 0) is 5.41 Å². The molecule has 0 amide bonds. The van der Waals surface area contributed by atoms with Gasteiger partial charge >= 0.3 is 0 Å². The second-order valence-corrected chi connectivity index (χ2v) is 17.0. The highest BCUT2D eigenvalue weighted by molar-refractivity contribution is 6.84. The maximum Gasteiger partial charge on any atom is 0.0736 e. The minimum Gasteiger partial charge on any atom is -0.0691 e. The summed E-state index contributed by atoms with van der Waals surface area (Å²) >= 11 is 0. The molecule has 1 spiro atoms. The molecule has 0 radical (unpaired) electrons. The van der Waals surface area contributed by atoms with Crippen LogP contribution in [0.3, 0.4) is 0 Å². The first-order chi connectivity index (χ1) is 13.3. The maximum absolute atomic E-state index is 2.62. The first-order valence-electron chi connectivity index (χ1n) is 11.3. The largest absolute Gasteiger partial charge is 0.0736 e. The van der Waals surface area contributed by atoms with Gasteiger partial charge in [0, 0.05) is 11.3 Å². The summed E-state index contributed by atoms with van der Waals surface area (Å²) in [7, 11) is -1.47. The molecular weight excluding hydrogens is 364 g/mol. The van der Waals surface area contributed by atoms with E-state index in [2.05, 4.69) is 110 Å². The summed E-state index contributed by atoms with van der Waals surface area (Å²) in [6.07, 6.45) is 3.91. The fourth-order valence-corrected chi connectivity index (χ4v) is 9.92. The standard InChI is InChI=1S/C28H38Si/c1-19-15-24-22(16-23(19)20(2)21-13-11-10-12-14-21)17-25(29(7,8)9)28(24)26(3,4)18-27(28,5)6/h10-17,20H,18H2,1-9H3. The van der Waals surface area contributed by atoms with E-state index in [0.29, 0.717) is 16.7 Å². The third kappa shape index (κ3) is 2.69. The summed E-state index contributed by atoms with van der Waals surface area (Å²) < 4.78 is 0. The van der Waals surface area contributed by atoms with Crippen molar-refractivity contribution < 1.29 is 0 Å². The van der Waals surface area contributed by atoms with Gasteiger partial charge in [0.2, 0.25) is 0 Å². The van der Waals surface area contributed by atoms with Crippen LogP contribution in [0.25, 0.3) is 6.08 Å². The van der Waals surface area contributed by atoms with Gasteiger partial charge in [-0.15, -0.1) is 0 Å². The van der Waals surface area contributed by atoms with Crippen molar-refractivity contribution in [2.45, 2.75) is 78.9 Å². The van der Waals surface area contributed by atoms with Gasteiger partial charge in [-0.25, -0.2) is 0 Å². The molecule has 1 fully saturated rings. The molecule has 2 aromatic carbocycles. The van der Waals surface area contributed by atoms with Crippen molar-refractivity contribution in [3.8, 4) is 0 Å². The lowest BCUT2D eigenvalue weighted by atomic mass is 9.37. The van der Waals surface area contributed by atoms with E-state index in [9.17, 15) is 0 Å².